The molecule has 1 unspecified atom stereocenters. The summed E-state index contributed by atoms with van der Waals surface area (Å²) in [7, 11) is 0. The number of hydrogen-bond acceptors (Lipinski definition) is 4. The number of rotatable bonds is 8. The molecule has 0 aromatic carbocycles. The van der Waals surface area contributed by atoms with Crippen LogP contribution in [-0.4, -0.2) is 18.0 Å². The molecule has 0 bridgehead atoms. The third-order valence-corrected chi connectivity index (χ3v) is 2.28. The van der Waals surface area contributed by atoms with Crippen LogP contribution < -0.4 is 0 Å². The van der Waals surface area contributed by atoms with Crippen molar-refractivity contribution in [1.29, 1.82) is 0 Å². The highest BCUT2D eigenvalue weighted by atomic mass is 16.5. The number of unbranched alkanes of at least 4 members (excludes halogenated alkanes) is 2. The molecule has 0 fully saturated rings. The average Bonchev–Trinajstić information content (AvgIpc) is 2.38. The van der Waals surface area contributed by atoms with E-state index in [1.807, 2.05) is 6.92 Å². The third-order valence-electron chi connectivity index (χ3n) is 2.28. The van der Waals surface area contributed by atoms with Crippen LogP contribution in [-0.2, 0) is 19.1 Å². The number of carbonyl (C=O) groups excluding carboxylic acids is 2. The standard InChI is InChI=1S/C11H20O2.C4H6O2/c1-4-7-8-9-10(5-2)13-11(12)6-3;1-3-6-4(2)5/h6,10H,3-5,7-9H2,1-2H3;3H,1H2,2H3. The largest absolute Gasteiger partial charge is 0.459 e. The van der Waals surface area contributed by atoms with Crippen LogP contribution in [0.3, 0.4) is 0 Å². The lowest BCUT2D eigenvalue weighted by Crippen LogP contribution is -2.15. The maximum absolute atomic E-state index is 10.9. The van der Waals surface area contributed by atoms with Gasteiger partial charge in [0.1, 0.15) is 6.10 Å². The molecule has 0 N–H and O–H groups in total. The van der Waals surface area contributed by atoms with E-state index in [0.717, 1.165) is 25.5 Å². The molecule has 0 amide bonds. The molecule has 4 heteroatoms. The predicted octanol–water partition coefficient (Wildman–Crippen LogP) is 3.77. The Morgan fingerprint density at radius 2 is 1.84 bits per heavy atom. The van der Waals surface area contributed by atoms with Gasteiger partial charge in [-0.25, -0.2) is 4.79 Å². The van der Waals surface area contributed by atoms with Crippen LogP contribution in [0.25, 0.3) is 0 Å². The molecule has 0 aromatic rings. The van der Waals surface area contributed by atoms with Gasteiger partial charge in [0.05, 0.1) is 6.26 Å². The van der Waals surface area contributed by atoms with E-state index in [1.54, 1.807) is 0 Å². The van der Waals surface area contributed by atoms with Gasteiger partial charge in [0.2, 0.25) is 0 Å². The van der Waals surface area contributed by atoms with Crippen molar-refractivity contribution in [2.45, 2.75) is 59.0 Å². The fourth-order valence-corrected chi connectivity index (χ4v) is 1.30. The summed E-state index contributed by atoms with van der Waals surface area (Å²) < 4.78 is 9.31. The van der Waals surface area contributed by atoms with E-state index in [2.05, 4.69) is 24.8 Å². The van der Waals surface area contributed by atoms with Crippen LogP contribution in [0.15, 0.2) is 25.5 Å². The minimum absolute atomic E-state index is 0.0806. The van der Waals surface area contributed by atoms with E-state index < -0.39 is 0 Å². The van der Waals surface area contributed by atoms with Crippen molar-refractivity contribution in [2.75, 3.05) is 0 Å². The zero-order valence-corrected chi connectivity index (χ0v) is 12.3. The second kappa shape index (κ2) is 14.5. The second-order valence-corrected chi connectivity index (χ2v) is 3.94. The number of esters is 2. The topological polar surface area (TPSA) is 52.6 Å². The molecule has 0 aliphatic carbocycles. The van der Waals surface area contributed by atoms with Crippen molar-refractivity contribution in [3.63, 3.8) is 0 Å². The van der Waals surface area contributed by atoms with Gasteiger partial charge in [-0.05, 0) is 19.3 Å². The summed E-state index contributed by atoms with van der Waals surface area (Å²) in [6.45, 7) is 12.0. The summed E-state index contributed by atoms with van der Waals surface area (Å²) in [6, 6.07) is 0. The van der Waals surface area contributed by atoms with Crippen molar-refractivity contribution in [2.24, 2.45) is 0 Å². The zero-order valence-electron chi connectivity index (χ0n) is 12.3. The van der Waals surface area contributed by atoms with Gasteiger partial charge in [-0.2, -0.15) is 0 Å². The fourth-order valence-electron chi connectivity index (χ4n) is 1.30. The predicted molar refractivity (Wildman–Crippen MR) is 76.5 cm³/mol. The van der Waals surface area contributed by atoms with Crippen LogP contribution in [0.5, 0.6) is 0 Å². The monoisotopic (exact) mass is 270 g/mol. The Morgan fingerprint density at radius 1 is 1.21 bits per heavy atom. The second-order valence-electron chi connectivity index (χ2n) is 3.94. The van der Waals surface area contributed by atoms with Gasteiger partial charge < -0.3 is 9.47 Å². The molecule has 0 spiro atoms. The maximum atomic E-state index is 10.9. The number of hydrogen-bond donors (Lipinski definition) is 0. The molecule has 110 valence electrons. The molecule has 0 rings (SSSR count). The molecule has 0 aromatic heterocycles. The summed E-state index contributed by atoms with van der Waals surface area (Å²) in [6.07, 6.45) is 7.82. The van der Waals surface area contributed by atoms with Crippen LogP contribution in [0.4, 0.5) is 0 Å². The molecule has 0 saturated carbocycles. The van der Waals surface area contributed by atoms with Gasteiger partial charge >= 0.3 is 11.9 Å². The number of carbonyl (C=O) groups is 2. The van der Waals surface area contributed by atoms with Gasteiger partial charge in [0.15, 0.2) is 0 Å². The Hall–Kier alpha value is -1.58. The summed E-state index contributed by atoms with van der Waals surface area (Å²) in [5.41, 5.74) is 0. The maximum Gasteiger partial charge on any atom is 0.330 e. The molecule has 1 atom stereocenters. The highest BCUT2D eigenvalue weighted by Crippen LogP contribution is 2.10. The lowest BCUT2D eigenvalue weighted by molar-refractivity contribution is -0.143. The summed E-state index contributed by atoms with van der Waals surface area (Å²) in [5, 5.41) is 0. The van der Waals surface area contributed by atoms with Gasteiger partial charge in [-0.15, -0.1) is 0 Å². The molecule has 0 saturated heterocycles. The molecular weight excluding hydrogens is 244 g/mol. The van der Waals surface area contributed by atoms with Crippen molar-refractivity contribution >= 4 is 11.9 Å². The third kappa shape index (κ3) is 16.4. The highest BCUT2D eigenvalue weighted by molar-refractivity contribution is 5.81. The van der Waals surface area contributed by atoms with Crippen molar-refractivity contribution < 1.29 is 19.1 Å². The van der Waals surface area contributed by atoms with Crippen molar-refractivity contribution in [1.82, 2.24) is 0 Å². The Bertz CT molecular complexity index is 271. The van der Waals surface area contributed by atoms with Crippen molar-refractivity contribution in [3.05, 3.63) is 25.5 Å². The van der Waals surface area contributed by atoms with Crippen LogP contribution in [0.1, 0.15) is 52.9 Å². The Labute approximate surface area is 116 Å². The lowest BCUT2D eigenvalue weighted by atomic mass is 10.1. The quantitative estimate of drug-likeness (QED) is 0.291. The van der Waals surface area contributed by atoms with Crippen LogP contribution in [0, 0.1) is 0 Å². The normalized spacial score (nSPS) is 10.5. The molecular formula is C15H26O4. The highest BCUT2D eigenvalue weighted by Gasteiger charge is 2.08. The summed E-state index contributed by atoms with van der Waals surface area (Å²) >= 11 is 0. The van der Waals surface area contributed by atoms with E-state index in [0.29, 0.717) is 0 Å². The molecule has 0 aliphatic heterocycles. The Kier molecular flexibility index (Phi) is 15.1. The zero-order chi connectivity index (χ0) is 15.1. The summed E-state index contributed by atoms with van der Waals surface area (Å²) in [5.74, 6) is -0.631. The Balaban J connectivity index is 0. The molecule has 0 heterocycles. The SMILES string of the molecule is C=CC(=O)OC(CC)CCCCC.C=COC(C)=O. The van der Waals surface area contributed by atoms with E-state index >= 15 is 0 Å². The van der Waals surface area contributed by atoms with Gasteiger partial charge in [0, 0.05) is 13.0 Å². The molecule has 0 aliphatic rings. The van der Waals surface area contributed by atoms with Gasteiger partial charge in [-0.1, -0.05) is 39.8 Å². The number of ether oxygens (including phenoxy) is 2. The van der Waals surface area contributed by atoms with Crippen LogP contribution in [0.2, 0.25) is 0 Å². The lowest BCUT2D eigenvalue weighted by Gasteiger charge is -2.14. The van der Waals surface area contributed by atoms with Gasteiger partial charge in [0.25, 0.3) is 0 Å². The Morgan fingerprint density at radius 3 is 2.16 bits per heavy atom. The summed E-state index contributed by atoms with van der Waals surface area (Å²) in [4.78, 5) is 20.6. The minimum atomic E-state index is -0.329. The first-order chi connectivity index (χ1) is 9.01. The fraction of sp³-hybridized carbons (Fsp3) is 0.600. The van der Waals surface area contributed by atoms with E-state index in [1.165, 1.54) is 25.8 Å². The van der Waals surface area contributed by atoms with E-state index in [4.69, 9.17) is 4.74 Å². The first-order valence-corrected chi connectivity index (χ1v) is 6.62. The molecule has 19 heavy (non-hydrogen) atoms. The van der Waals surface area contributed by atoms with Crippen LogP contribution >= 0.6 is 0 Å². The first kappa shape index (κ1) is 19.8. The first-order valence-electron chi connectivity index (χ1n) is 6.62. The van der Waals surface area contributed by atoms with Crippen molar-refractivity contribution in [3.8, 4) is 0 Å². The molecule has 4 nitrogen and oxygen atoms in total. The molecule has 0 radical (unpaired) electrons. The average molecular weight is 270 g/mol. The van der Waals surface area contributed by atoms with Gasteiger partial charge in [-0.3, -0.25) is 4.79 Å². The minimum Gasteiger partial charge on any atom is -0.459 e. The van der Waals surface area contributed by atoms with E-state index in [9.17, 15) is 9.59 Å². The smallest absolute Gasteiger partial charge is 0.330 e. The van der Waals surface area contributed by atoms with E-state index in [-0.39, 0.29) is 18.0 Å².